The number of hydrogen-bond donors (Lipinski definition) is 4. The number of fused-ring (bicyclic) bond motifs is 1. The van der Waals surface area contributed by atoms with Gasteiger partial charge in [0.25, 0.3) is 0 Å². The lowest BCUT2D eigenvalue weighted by Gasteiger charge is -2.58. The first-order valence-corrected chi connectivity index (χ1v) is 10.6. The van der Waals surface area contributed by atoms with Crippen LogP contribution in [0.1, 0.15) is 39.0 Å². The summed E-state index contributed by atoms with van der Waals surface area (Å²) in [6, 6.07) is 2.81. The van der Waals surface area contributed by atoms with Gasteiger partial charge in [-0.15, -0.1) is 0 Å². The number of anilines is 2. The molecule has 0 radical (unpaired) electrons. The van der Waals surface area contributed by atoms with Crippen molar-refractivity contribution < 1.29 is 9.63 Å². The Morgan fingerprint density at radius 1 is 1.28 bits per heavy atom. The average molecular weight is 394 g/mol. The lowest BCUT2D eigenvalue weighted by atomic mass is 9.52. The molecule has 3 aromatic heterocycles. The van der Waals surface area contributed by atoms with Crippen LogP contribution in [0.25, 0.3) is 22.4 Å². The van der Waals surface area contributed by atoms with Crippen LogP contribution in [0, 0.1) is 17.8 Å². The quantitative estimate of drug-likeness (QED) is 0.525. The molecule has 4 saturated carbocycles. The molecular formula is C21H26N6O2. The molecule has 0 amide bonds. The predicted molar refractivity (Wildman–Crippen MR) is 109 cm³/mol. The minimum Gasteiger partial charge on any atom is -0.390 e. The minimum absolute atomic E-state index is 0.353. The Morgan fingerprint density at radius 3 is 2.86 bits per heavy atom. The second-order valence-corrected chi connectivity index (χ2v) is 9.10. The molecule has 0 spiro atoms. The SMILES string of the molecule is CCNc1nc(-c2cnc3[nH]ccc3c2N[C@H]2[C@@H]3CC4C[C@H]2C[C@@](O)(C4)C3)no1. The molecule has 5 atom stereocenters. The van der Waals surface area contributed by atoms with Crippen molar-refractivity contribution >= 4 is 22.7 Å². The normalized spacial score (nSPS) is 32.8. The van der Waals surface area contributed by atoms with Gasteiger partial charge in [0.05, 0.1) is 16.9 Å². The molecular weight excluding hydrogens is 368 g/mol. The minimum atomic E-state index is -0.437. The molecule has 0 aromatic carbocycles. The van der Waals surface area contributed by atoms with Crippen LogP contribution in [0.15, 0.2) is 23.0 Å². The van der Waals surface area contributed by atoms with Gasteiger partial charge in [-0.3, -0.25) is 0 Å². The highest BCUT2D eigenvalue weighted by atomic mass is 16.5. The molecule has 8 nitrogen and oxygen atoms in total. The van der Waals surface area contributed by atoms with Crippen LogP contribution < -0.4 is 10.6 Å². The molecule has 152 valence electrons. The Balaban J connectivity index is 1.40. The van der Waals surface area contributed by atoms with E-state index in [9.17, 15) is 5.11 Å². The van der Waals surface area contributed by atoms with Crippen molar-refractivity contribution in [2.45, 2.75) is 50.7 Å². The van der Waals surface area contributed by atoms with Gasteiger partial charge in [0, 0.05) is 30.4 Å². The molecule has 8 heteroatoms. The lowest BCUT2D eigenvalue weighted by molar-refractivity contribution is -0.129. The Morgan fingerprint density at radius 2 is 2.10 bits per heavy atom. The van der Waals surface area contributed by atoms with Crippen LogP contribution >= 0.6 is 0 Å². The monoisotopic (exact) mass is 394 g/mol. The topological polar surface area (TPSA) is 112 Å². The first-order chi connectivity index (χ1) is 14.1. The number of nitrogens with one attached hydrogen (secondary N) is 3. The number of aromatic amines is 1. The summed E-state index contributed by atoms with van der Waals surface area (Å²) in [5, 5.41) is 23.1. The maximum Gasteiger partial charge on any atom is 0.321 e. The summed E-state index contributed by atoms with van der Waals surface area (Å²) in [5.41, 5.74) is 2.25. The third-order valence-corrected chi connectivity index (χ3v) is 7.13. The summed E-state index contributed by atoms with van der Waals surface area (Å²) in [7, 11) is 0. The number of aromatic nitrogens is 4. The van der Waals surface area contributed by atoms with E-state index in [-0.39, 0.29) is 0 Å². The Kier molecular flexibility index (Phi) is 3.69. The van der Waals surface area contributed by atoms with Crippen LogP contribution in [0.5, 0.6) is 0 Å². The van der Waals surface area contributed by atoms with Crippen molar-refractivity contribution in [3.05, 3.63) is 18.5 Å². The van der Waals surface area contributed by atoms with E-state index in [1.165, 1.54) is 12.8 Å². The van der Waals surface area contributed by atoms with Crippen molar-refractivity contribution in [2.75, 3.05) is 17.2 Å². The van der Waals surface area contributed by atoms with Gasteiger partial charge >= 0.3 is 6.01 Å². The standard InChI is InChI=1S/C21H26N6O2/c1-2-22-20-26-19(27-29-20)15-10-24-18-14(3-4-23-18)17(15)25-16-12-5-11-6-13(16)9-21(28,7-11)8-12/h3-4,10-13,16,28H,2,5-9H2,1H3,(H,22,26,27)(H2,23,24,25)/t11?,12-,13+,16+,21-. The van der Waals surface area contributed by atoms with E-state index in [0.29, 0.717) is 35.6 Å². The predicted octanol–water partition coefficient (Wildman–Crippen LogP) is 3.40. The van der Waals surface area contributed by atoms with E-state index >= 15 is 0 Å². The number of hydrogen-bond acceptors (Lipinski definition) is 7. The smallest absolute Gasteiger partial charge is 0.321 e. The van der Waals surface area contributed by atoms with E-state index in [0.717, 1.165) is 48.1 Å². The zero-order valence-corrected chi connectivity index (χ0v) is 16.5. The van der Waals surface area contributed by atoms with Crippen LogP contribution in [0.4, 0.5) is 11.7 Å². The fourth-order valence-corrected chi connectivity index (χ4v) is 6.27. The van der Waals surface area contributed by atoms with Gasteiger partial charge in [-0.2, -0.15) is 4.98 Å². The summed E-state index contributed by atoms with van der Waals surface area (Å²) >= 11 is 0. The second-order valence-electron chi connectivity index (χ2n) is 9.10. The molecule has 4 aliphatic rings. The van der Waals surface area contributed by atoms with Gasteiger partial charge in [-0.05, 0) is 62.8 Å². The van der Waals surface area contributed by atoms with E-state index in [1.807, 2.05) is 25.4 Å². The molecule has 4 aliphatic carbocycles. The number of H-pyrrole nitrogens is 1. The third kappa shape index (κ3) is 2.73. The van der Waals surface area contributed by atoms with Gasteiger partial charge < -0.3 is 25.2 Å². The first-order valence-electron chi connectivity index (χ1n) is 10.6. The molecule has 1 unspecified atom stereocenters. The van der Waals surface area contributed by atoms with Crippen molar-refractivity contribution in [3.63, 3.8) is 0 Å². The summed E-state index contributed by atoms with van der Waals surface area (Å²) in [6.45, 7) is 2.71. The summed E-state index contributed by atoms with van der Waals surface area (Å²) in [4.78, 5) is 12.3. The van der Waals surface area contributed by atoms with Gasteiger partial charge in [-0.25, -0.2) is 4.98 Å². The summed E-state index contributed by atoms with van der Waals surface area (Å²) < 4.78 is 5.34. The highest BCUT2D eigenvalue weighted by Gasteiger charge is 2.54. The number of nitrogens with zero attached hydrogens (tertiary/aromatic N) is 3. The average Bonchev–Trinajstić information content (AvgIpc) is 3.33. The number of aliphatic hydroxyl groups is 1. The summed E-state index contributed by atoms with van der Waals surface area (Å²) in [5.74, 6) is 2.22. The van der Waals surface area contributed by atoms with Crippen molar-refractivity contribution in [1.82, 2.24) is 20.1 Å². The third-order valence-electron chi connectivity index (χ3n) is 7.13. The van der Waals surface area contributed by atoms with Crippen LogP contribution in [0.3, 0.4) is 0 Å². The van der Waals surface area contributed by atoms with E-state index in [2.05, 4.69) is 30.7 Å². The van der Waals surface area contributed by atoms with Crippen LogP contribution in [-0.2, 0) is 0 Å². The molecule has 3 aromatic rings. The second kappa shape index (κ2) is 6.19. The van der Waals surface area contributed by atoms with E-state index in [1.54, 1.807) is 0 Å². The van der Waals surface area contributed by atoms with Crippen molar-refractivity contribution in [1.29, 1.82) is 0 Å². The maximum absolute atomic E-state index is 10.9. The highest BCUT2D eigenvalue weighted by molar-refractivity contribution is 5.97. The molecule has 4 N–H and O–H groups in total. The van der Waals surface area contributed by atoms with Gasteiger partial charge in [0.1, 0.15) is 5.65 Å². The van der Waals surface area contributed by atoms with Crippen LogP contribution in [0.2, 0.25) is 0 Å². The Hall–Kier alpha value is -2.61. The molecule has 4 fully saturated rings. The maximum atomic E-state index is 10.9. The highest BCUT2D eigenvalue weighted by Crippen LogP contribution is 2.56. The fraction of sp³-hybridized carbons (Fsp3) is 0.571. The van der Waals surface area contributed by atoms with E-state index < -0.39 is 5.60 Å². The van der Waals surface area contributed by atoms with Gasteiger partial charge in [0.15, 0.2) is 0 Å². The molecule has 0 aliphatic heterocycles. The largest absolute Gasteiger partial charge is 0.390 e. The molecule has 3 heterocycles. The Labute approximate surface area is 168 Å². The van der Waals surface area contributed by atoms with Crippen LogP contribution in [-0.4, -0.2) is 43.4 Å². The zero-order valence-electron chi connectivity index (χ0n) is 16.5. The van der Waals surface area contributed by atoms with Gasteiger partial charge in [0.2, 0.25) is 5.82 Å². The van der Waals surface area contributed by atoms with Gasteiger partial charge in [-0.1, -0.05) is 5.16 Å². The molecule has 0 saturated heterocycles. The Bertz CT molecular complexity index is 1040. The molecule has 29 heavy (non-hydrogen) atoms. The zero-order chi connectivity index (χ0) is 19.6. The van der Waals surface area contributed by atoms with E-state index in [4.69, 9.17) is 4.52 Å². The molecule has 4 bridgehead atoms. The van der Waals surface area contributed by atoms with Crippen molar-refractivity contribution in [2.24, 2.45) is 17.8 Å². The van der Waals surface area contributed by atoms with Crippen molar-refractivity contribution in [3.8, 4) is 11.4 Å². The fourth-order valence-electron chi connectivity index (χ4n) is 6.27. The summed E-state index contributed by atoms with van der Waals surface area (Å²) in [6.07, 6.45) is 8.94. The lowest BCUT2D eigenvalue weighted by Crippen LogP contribution is -2.59. The number of pyridine rings is 1. The number of rotatable bonds is 5. The molecule has 7 rings (SSSR count). The first kappa shape index (κ1) is 17.3.